The van der Waals surface area contributed by atoms with Crippen LogP contribution in [0.4, 0.5) is 5.82 Å². The third kappa shape index (κ3) is 3.81. The zero-order valence-corrected chi connectivity index (χ0v) is 12.6. The van der Waals surface area contributed by atoms with Gasteiger partial charge in [-0.15, -0.1) is 11.3 Å². The third-order valence-electron chi connectivity index (χ3n) is 2.99. The number of nitrogens with one attached hydrogen (secondary N) is 1. The van der Waals surface area contributed by atoms with Gasteiger partial charge in [-0.3, -0.25) is 4.79 Å². The molecular weight excluding hydrogens is 270 g/mol. The Morgan fingerprint density at radius 1 is 1.45 bits per heavy atom. The van der Waals surface area contributed by atoms with Crippen LogP contribution >= 0.6 is 11.3 Å². The fourth-order valence-corrected chi connectivity index (χ4v) is 2.59. The molecule has 0 aliphatic carbocycles. The Morgan fingerprint density at radius 2 is 2.30 bits per heavy atom. The maximum Gasteiger partial charge on any atom is 0.253 e. The van der Waals surface area contributed by atoms with Crippen LogP contribution in [-0.4, -0.2) is 35.9 Å². The highest BCUT2D eigenvalue weighted by atomic mass is 32.1. The summed E-state index contributed by atoms with van der Waals surface area (Å²) in [6.07, 6.45) is 2.56. The highest BCUT2D eigenvalue weighted by molar-refractivity contribution is 7.09. The third-order valence-corrected chi connectivity index (χ3v) is 3.92. The van der Waals surface area contributed by atoms with Gasteiger partial charge in [0.25, 0.3) is 5.91 Å². The Labute approximate surface area is 123 Å². The van der Waals surface area contributed by atoms with E-state index >= 15 is 0 Å². The molecular formula is C15H19N3OS. The minimum Gasteiger partial charge on any atom is -0.370 e. The minimum atomic E-state index is 0.0307. The van der Waals surface area contributed by atoms with Crippen LogP contribution in [-0.2, 0) is 6.42 Å². The molecule has 1 amide bonds. The molecule has 0 saturated carbocycles. The summed E-state index contributed by atoms with van der Waals surface area (Å²) in [7, 11) is 1.84. The summed E-state index contributed by atoms with van der Waals surface area (Å²) >= 11 is 1.72. The highest BCUT2D eigenvalue weighted by Crippen LogP contribution is 2.12. The standard InChI is InChI=1S/C15H19N3OS/c1-3-16-14-11-12(6-8-17-14)15(19)18(2)9-7-13-5-4-10-20-13/h4-6,8,10-11H,3,7,9H2,1-2H3,(H,16,17). The van der Waals surface area contributed by atoms with Gasteiger partial charge in [0.15, 0.2) is 0 Å². The van der Waals surface area contributed by atoms with E-state index in [0.29, 0.717) is 5.56 Å². The number of pyridine rings is 1. The molecule has 5 heteroatoms. The zero-order valence-electron chi connectivity index (χ0n) is 11.8. The van der Waals surface area contributed by atoms with E-state index in [1.807, 2.05) is 20.0 Å². The first-order valence-electron chi connectivity index (χ1n) is 6.68. The summed E-state index contributed by atoms with van der Waals surface area (Å²) < 4.78 is 0. The molecule has 0 unspecified atom stereocenters. The molecule has 0 spiro atoms. The molecule has 0 atom stereocenters. The van der Waals surface area contributed by atoms with Crippen LogP contribution in [0.5, 0.6) is 0 Å². The number of hydrogen-bond donors (Lipinski definition) is 1. The second kappa shape index (κ2) is 7.05. The predicted octanol–water partition coefficient (Wildman–Crippen LogP) is 2.89. The Kier molecular flexibility index (Phi) is 5.12. The van der Waals surface area contributed by atoms with E-state index in [1.54, 1.807) is 34.6 Å². The van der Waals surface area contributed by atoms with Crippen molar-refractivity contribution in [2.45, 2.75) is 13.3 Å². The lowest BCUT2D eigenvalue weighted by atomic mass is 10.2. The number of amides is 1. The number of carbonyl (C=O) groups is 1. The Bertz CT molecular complexity index is 554. The average molecular weight is 289 g/mol. The van der Waals surface area contributed by atoms with E-state index in [1.165, 1.54) is 4.88 Å². The molecule has 2 rings (SSSR count). The topological polar surface area (TPSA) is 45.2 Å². The van der Waals surface area contributed by atoms with Crippen LogP contribution in [0, 0.1) is 0 Å². The molecule has 0 aliphatic rings. The number of thiophene rings is 1. The van der Waals surface area contributed by atoms with Crippen molar-refractivity contribution in [1.29, 1.82) is 0 Å². The molecule has 106 valence electrons. The Morgan fingerprint density at radius 3 is 3.00 bits per heavy atom. The quantitative estimate of drug-likeness (QED) is 0.889. The SMILES string of the molecule is CCNc1cc(C(=O)N(C)CCc2cccs2)ccn1. The van der Waals surface area contributed by atoms with Gasteiger partial charge in [-0.2, -0.15) is 0 Å². The summed E-state index contributed by atoms with van der Waals surface area (Å²) in [6, 6.07) is 7.68. The van der Waals surface area contributed by atoms with E-state index in [9.17, 15) is 4.79 Å². The van der Waals surface area contributed by atoms with Gasteiger partial charge in [-0.25, -0.2) is 4.98 Å². The van der Waals surface area contributed by atoms with Crippen LogP contribution in [0.25, 0.3) is 0 Å². The van der Waals surface area contributed by atoms with Gasteiger partial charge in [-0.1, -0.05) is 6.07 Å². The summed E-state index contributed by atoms with van der Waals surface area (Å²) in [5.41, 5.74) is 0.671. The number of anilines is 1. The second-order valence-electron chi connectivity index (χ2n) is 4.52. The van der Waals surface area contributed by atoms with Crippen molar-refractivity contribution in [2.24, 2.45) is 0 Å². The Hall–Kier alpha value is -1.88. The van der Waals surface area contributed by atoms with E-state index in [4.69, 9.17) is 0 Å². The minimum absolute atomic E-state index is 0.0307. The van der Waals surface area contributed by atoms with Crippen LogP contribution < -0.4 is 5.32 Å². The summed E-state index contributed by atoms with van der Waals surface area (Å²) in [5.74, 6) is 0.771. The Balaban J connectivity index is 1.97. The first-order valence-corrected chi connectivity index (χ1v) is 7.56. The lowest BCUT2D eigenvalue weighted by Crippen LogP contribution is -2.28. The summed E-state index contributed by atoms with van der Waals surface area (Å²) in [6.45, 7) is 3.51. The van der Waals surface area contributed by atoms with Crippen LogP contribution in [0.15, 0.2) is 35.8 Å². The molecule has 0 fully saturated rings. The van der Waals surface area contributed by atoms with Gasteiger partial charge in [0.2, 0.25) is 0 Å². The number of rotatable bonds is 6. The first kappa shape index (κ1) is 14.5. The lowest BCUT2D eigenvalue weighted by molar-refractivity contribution is 0.0797. The zero-order chi connectivity index (χ0) is 14.4. The van der Waals surface area contributed by atoms with Crippen molar-refractivity contribution < 1.29 is 4.79 Å². The first-order chi connectivity index (χ1) is 9.70. The van der Waals surface area contributed by atoms with Gasteiger partial charge in [0.1, 0.15) is 5.82 Å². The average Bonchev–Trinajstić information content (AvgIpc) is 2.98. The van der Waals surface area contributed by atoms with Crippen molar-refractivity contribution >= 4 is 23.1 Å². The van der Waals surface area contributed by atoms with Gasteiger partial charge in [-0.05, 0) is 36.9 Å². The maximum absolute atomic E-state index is 12.3. The fraction of sp³-hybridized carbons (Fsp3) is 0.333. The van der Waals surface area contributed by atoms with Crippen molar-refractivity contribution in [3.05, 3.63) is 46.3 Å². The van der Waals surface area contributed by atoms with Crippen molar-refractivity contribution in [1.82, 2.24) is 9.88 Å². The molecule has 1 N–H and O–H groups in total. The van der Waals surface area contributed by atoms with Gasteiger partial charge in [0.05, 0.1) is 0 Å². The number of hydrogen-bond acceptors (Lipinski definition) is 4. The number of nitrogens with zero attached hydrogens (tertiary/aromatic N) is 2. The summed E-state index contributed by atoms with van der Waals surface area (Å²) in [4.78, 5) is 19.6. The molecule has 0 saturated heterocycles. The van der Waals surface area contributed by atoms with Gasteiger partial charge >= 0.3 is 0 Å². The lowest BCUT2D eigenvalue weighted by Gasteiger charge is -2.17. The normalized spacial score (nSPS) is 10.3. The van der Waals surface area contributed by atoms with Gasteiger partial charge in [0, 0.05) is 36.8 Å². The highest BCUT2D eigenvalue weighted by Gasteiger charge is 2.12. The van der Waals surface area contributed by atoms with Gasteiger partial charge < -0.3 is 10.2 Å². The molecule has 4 nitrogen and oxygen atoms in total. The number of carbonyl (C=O) groups excluding carboxylic acids is 1. The van der Waals surface area contributed by atoms with Crippen LogP contribution in [0.3, 0.4) is 0 Å². The maximum atomic E-state index is 12.3. The molecule has 2 aromatic heterocycles. The van der Waals surface area contributed by atoms with E-state index in [-0.39, 0.29) is 5.91 Å². The van der Waals surface area contributed by atoms with E-state index < -0.39 is 0 Å². The molecule has 2 aromatic rings. The number of likely N-dealkylation sites (N-methyl/N-ethyl adjacent to an activating group) is 1. The van der Waals surface area contributed by atoms with Crippen molar-refractivity contribution in [3.63, 3.8) is 0 Å². The predicted molar refractivity (Wildman–Crippen MR) is 83.4 cm³/mol. The van der Waals surface area contributed by atoms with Crippen molar-refractivity contribution in [2.75, 3.05) is 25.5 Å². The largest absolute Gasteiger partial charge is 0.370 e. The molecule has 0 radical (unpaired) electrons. The van der Waals surface area contributed by atoms with E-state index in [2.05, 4.69) is 21.7 Å². The second-order valence-corrected chi connectivity index (χ2v) is 5.55. The molecule has 0 aromatic carbocycles. The number of aromatic nitrogens is 1. The monoisotopic (exact) mass is 289 g/mol. The summed E-state index contributed by atoms with van der Waals surface area (Å²) in [5, 5.41) is 5.17. The van der Waals surface area contributed by atoms with Crippen LogP contribution in [0.1, 0.15) is 22.2 Å². The fourth-order valence-electron chi connectivity index (χ4n) is 1.90. The van der Waals surface area contributed by atoms with Crippen molar-refractivity contribution in [3.8, 4) is 0 Å². The van der Waals surface area contributed by atoms with E-state index in [0.717, 1.165) is 25.3 Å². The van der Waals surface area contributed by atoms with Crippen LogP contribution in [0.2, 0.25) is 0 Å². The molecule has 20 heavy (non-hydrogen) atoms. The molecule has 0 aliphatic heterocycles. The molecule has 0 bridgehead atoms. The smallest absolute Gasteiger partial charge is 0.253 e. The molecule has 2 heterocycles.